The summed E-state index contributed by atoms with van der Waals surface area (Å²) in [6.07, 6.45) is 0.513. The number of ether oxygens (including phenoxy) is 1. The van der Waals surface area contributed by atoms with E-state index in [2.05, 4.69) is 9.72 Å². The molecule has 0 saturated carbocycles. The molecule has 0 amide bonds. The van der Waals surface area contributed by atoms with Crippen LogP contribution in [0.15, 0.2) is 17.2 Å². The minimum atomic E-state index is -0.862. The number of hydrogen-bond donors (Lipinski definition) is 1. The third-order valence-electron chi connectivity index (χ3n) is 2.37. The van der Waals surface area contributed by atoms with Gasteiger partial charge in [-0.3, -0.25) is 4.79 Å². The summed E-state index contributed by atoms with van der Waals surface area (Å²) >= 11 is 1.18. The highest BCUT2D eigenvalue weighted by Crippen LogP contribution is 2.25. The lowest BCUT2D eigenvalue weighted by molar-refractivity contribution is -0.136. The highest BCUT2D eigenvalue weighted by Gasteiger charge is 2.18. The number of carbonyl (C=O) groups excluding carboxylic acids is 1. The number of carboxylic acids is 1. The van der Waals surface area contributed by atoms with Crippen LogP contribution in [0, 0.1) is 6.92 Å². The van der Waals surface area contributed by atoms with Crippen molar-refractivity contribution in [3.63, 3.8) is 0 Å². The van der Waals surface area contributed by atoms with Crippen molar-refractivity contribution in [2.45, 2.75) is 30.5 Å². The predicted octanol–water partition coefficient (Wildman–Crippen LogP) is 2.13. The number of aromatic nitrogens is 1. The standard InChI is InChI=1S/C12H15NO4S/c1-4-9(11(14)15)18-10-6-5-8(7(2)13-10)12(16)17-3/h5-6,9H,4H2,1-3H3,(H,14,15). The van der Waals surface area contributed by atoms with E-state index >= 15 is 0 Å². The number of aliphatic carboxylic acids is 1. The lowest BCUT2D eigenvalue weighted by atomic mass is 10.2. The van der Waals surface area contributed by atoms with Crippen molar-refractivity contribution < 1.29 is 19.4 Å². The number of esters is 1. The first-order chi connectivity index (χ1) is 8.49. The minimum absolute atomic E-state index is 0.394. The van der Waals surface area contributed by atoms with Gasteiger partial charge >= 0.3 is 11.9 Å². The number of thioether (sulfide) groups is 1. The summed E-state index contributed by atoms with van der Waals surface area (Å²) in [5.41, 5.74) is 0.928. The summed E-state index contributed by atoms with van der Waals surface area (Å²) in [7, 11) is 1.31. The second kappa shape index (κ2) is 6.39. The summed E-state index contributed by atoms with van der Waals surface area (Å²) in [5, 5.41) is 9.03. The van der Waals surface area contributed by atoms with Gasteiger partial charge in [-0.25, -0.2) is 9.78 Å². The number of pyridine rings is 1. The fourth-order valence-corrected chi connectivity index (χ4v) is 2.28. The molecule has 0 aliphatic rings. The van der Waals surface area contributed by atoms with Crippen LogP contribution in [0.25, 0.3) is 0 Å². The van der Waals surface area contributed by atoms with E-state index < -0.39 is 17.2 Å². The molecule has 98 valence electrons. The average molecular weight is 269 g/mol. The van der Waals surface area contributed by atoms with Gasteiger partial charge in [0.2, 0.25) is 0 Å². The Kier molecular flexibility index (Phi) is 5.15. The van der Waals surface area contributed by atoms with Gasteiger partial charge in [-0.05, 0) is 25.5 Å². The van der Waals surface area contributed by atoms with Crippen LogP contribution in [0.5, 0.6) is 0 Å². The Morgan fingerprint density at radius 3 is 2.61 bits per heavy atom. The minimum Gasteiger partial charge on any atom is -0.480 e. The molecule has 0 aliphatic carbocycles. The Bertz CT molecular complexity index is 461. The SMILES string of the molecule is CCC(Sc1ccc(C(=O)OC)c(C)n1)C(=O)O. The molecule has 1 N–H and O–H groups in total. The van der Waals surface area contributed by atoms with E-state index in [1.165, 1.54) is 18.9 Å². The van der Waals surface area contributed by atoms with Crippen LogP contribution >= 0.6 is 11.8 Å². The fraction of sp³-hybridized carbons (Fsp3) is 0.417. The van der Waals surface area contributed by atoms with E-state index in [4.69, 9.17) is 5.11 Å². The number of carboxylic acid groups (broad SMARTS) is 1. The topological polar surface area (TPSA) is 76.5 Å². The number of aryl methyl sites for hydroxylation is 1. The monoisotopic (exact) mass is 269 g/mol. The maximum Gasteiger partial charge on any atom is 0.339 e. The molecule has 0 saturated heterocycles. The molecule has 6 heteroatoms. The number of nitrogens with zero attached hydrogens (tertiary/aromatic N) is 1. The van der Waals surface area contributed by atoms with Crippen molar-refractivity contribution in [3.05, 3.63) is 23.4 Å². The first-order valence-corrected chi connectivity index (χ1v) is 6.33. The normalized spacial score (nSPS) is 11.9. The van der Waals surface area contributed by atoms with Gasteiger partial charge in [-0.15, -0.1) is 0 Å². The summed E-state index contributed by atoms with van der Waals surface area (Å²) in [4.78, 5) is 26.5. The van der Waals surface area contributed by atoms with Crippen LogP contribution in [0.4, 0.5) is 0 Å². The van der Waals surface area contributed by atoms with Crippen molar-refractivity contribution >= 4 is 23.7 Å². The van der Waals surface area contributed by atoms with Gasteiger partial charge in [0.15, 0.2) is 0 Å². The van der Waals surface area contributed by atoms with Crippen LogP contribution in [0.2, 0.25) is 0 Å². The first-order valence-electron chi connectivity index (χ1n) is 5.45. The van der Waals surface area contributed by atoms with E-state index in [0.717, 1.165) is 0 Å². The molecule has 5 nitrogen and oxygen atoms in total. The molecule has 0 aromatic carbocycles. The van der Waals surface area contributed by atoms with Crippen molar-refractivity contribution in [3.8, 4) is 0 Å². The zero-order valence-electron chi connectivity index (χ0n) is 10.5. The Balaban J connectivity index is 2.91. The molecule has 1 aromatic rings. The molecule has 1 aromatic heterocycles. The molecular formula is C12H15NO4S. The number of carbonyl (C=O) groups is 2. The highest BCUT2D eigenvalue weighted by atomic mass is 32.2. The van der Waals surface area contributed by atoms with E-state index in [1.54, 1.807) is 19.1 Å². The van der Waals surface area contributed by atoms with Gasteiger partial charge in [0.25, 0.3) is 0 Å². The average Bonchev–Trinajstić information content (AvgIpc) is 2.34. The maximum atomic E-state index is 11.4. The van der Waals surface area contributed by atoms with E-state index in [9.17, 15) is 9.59 Å². The number of rotatable bonds is 5. The third kappa shape index (κ3) is 3.46. The second-order valence-corrected chi connectivity index (χ2v) is 4.85. The molecule has 18 heavy (non-hydrogen) atoms. The van der Waals surface area contributed by atoms with Crippen LogP contribution in [-0.4, -0.2) is 34.4 Å². The van der Waals surface area contributed by atoms with E-state index in [0.29, 0.717) is 22.7 Å². The van der Waals surface area contributed by atoms with E-state index in [-0.39, 0.29) is 0 Å². The first kappa shape index (κ1) is 14.5. The van der Waals surface area contributed by atoms with Gasteiger partial charge in [0, 0.05) is 0 Å². The number of hydrogen-bond acceptors (Lipinski definition) is 5. The zero-order valence-corrected chi connectivity index (χ0v) is 11.3. The molecule has 1 unspecified atom stereocenters. The highest BCUT2D eigenvalue weighted by molar-refractivity contribution is 8.00. The maximum absolute atomic E-state index is 11.4. The molecule has 1 rings (SSSR count). The Morgan fingerprint density at radius 2 is 2.17 bits per heavy atom. The van der Waals surface area contributed by atoms with Crippen molar-refractivity contribution in [2.24, 2.45) is 0 Å². The molecule has 1 heterocycles. The molecule has 0 bridgehead atoms. The quantitative estimate of drug-likeness (QED) is 0.652. The second-order valence-electron chi connectivity index (χ2n) is 3.63. The van der Waals surface area contributed by atoms with Gasteiger partial charge in [-0.1, -0.05) is 18.7 Å². The summed E-state index contributed by atoms with van der Waals surface area (Å²) in [5.74, 6) is -1.30. The number of methoxy groups -OCH3 is 1. The summed E-state index contributed by atoms with van der Waals surface area (Å²) in [6.45, 7) is 3.50. The van der Waals surface area contributed by atoms with Crippen molar-refractivity contribution in [2.75, 3.05) is 7.11 Å². The Hall–Kier alpha value is -1.56. The van der Waals surface area contributed by atoms with Gasteiger partial charge in [0.1, 0.15) is 5.25 Å². The molecule has 0 aliphatic heterocycles. The molecule has 0 fully saturated rings. The van der Waals surface area contributed by atoms with Crippen molar-refractivity contribution in [1.82, 2.24) is 4.98 Å². The molecule has 1 atom stereocenters. The summed E-state index contributed by atoms with van der Waals surface area (Å²) < 4.78 is 4.62. The molecule has 0 spiro atoms. The Morgan fingerprint density at radius 1 is 1.50 bits per heavy atom. The van der Waals surface area contributed by atoms with Crippen LogP contribution in [-0.2, 0) is 9.53 Å². The van der Waals surface area contributed by atoms with Crippen LogP contribution < -0.4 is 0 Å². The van der Waals surface area contributed by atoms with Crippen LogP contribution in [0.1, 0.15) is 29.4 Å². The summed E-state index contributed by atoms with van der Waals surface area (Å²) in [6, 6.07) is 3.24. The molecule has 0 radical (unpaired) electrons. The smallest absolute Gasteiger partial charge is 0.339 e. The zero-order chi connectivity index (χ0) is 13.7. The van der Waals surface area contributed by atoms with Crippen molar-refractivity contribution in [1.29, 1.82) is 0 Å². The lowest BCUT2D eigenvalue weighted by Crippen LogP contribution is -2.15. The predicted molar refractivity (Wildman–Crippen MR) is 67.9 cm³/mol. The fourth-order valence-electron chi connectivity index (χ4n) is 1.38. The molecular weight excluding hydrogens is 254 g/mol. The van der Waals surface area contributed by atoms with Gasteiger partial charge in [0.05, 0.1) is 23.4 Å². The van der Waals surface area contributed by atoms with Crippen LogP contribution in [0.3, 0.4) is 0 Å². The largest absolute Gasteiger partial charge is 0.480 e. The van der Waals surface area contributed by atoms with Gasteiger partial charge < -0.3 is 9.84 Å². The van der Waals surface area contributed by atoms with Gasteiger partial charge in [-0.2, -0.15) is 0 Å². The third-order valence-corrected chi connectivity index (χ3v) is 3.66. The Labute approximate surface area is 110 Å². The lowest BCUT2D eigenvalue weighted by Gasteiger charge is -2.10. The van der Waals surface area contributed by atoms with E-state index in [1.807, 2.05) is 6.92 Å².